The Labute approximate surface area is 102 Å². The lowest BCUT2D eigenvalue weighted by molar-refractivity contribution is -0.135. The summed E-state index contributed by atoms with van der Waals surface area (Å²) >= 11 is 0. The minimum absolute atomic E-state index is 0.167. The summed E-state index contributed by atoms with van der Waals surface area (Å²) in [6, 6.07) is 0.784. The van der Waals surface area contributed by atoms with Gasteiger partial charge in [0.05, 0.1) is 6.04 Å². The number of nitrogens with one attached hydrogen (secondary N) is 1. The molecule has 1 fully saturated rings. The first-order chi connectivity index (χ1) is 8.61. The number of nitrogens with zero attached hydrogens (tertiary/aromatic N) is 2. The third kappa shape index (κ3) is 2.39. The third-order valence-electron chi connectivity index (χ3n) is 2.98. The number of amides is 1. The fourth-order valence-electron chi connectivity index (χ4n) is 2.05. The number of carbonyl (C=O) groups excluding carboxylic acids is 2. The lowest BCUT2D eigenvalue weighted by Gasteiger charge is -2.20. The molecule has 1 aromatic heterocycles. The summed E-state index contributed by atoms with van der Waals surface area (Å²) in [5.41, 5.74) is -1.13. The second-order valence-electron chi connectivity index (χ2n) is 4.17. The molecule has 0 aliphatic carbocycles. The van der Waals surface area contributed by atoms with Crippen LogP contribution in [0.2, 0.25) is 0 Å². The van der Waals surface area contributed by atoms with Gasteiger partial charge >= 0.3 is 5.69 Å². The Morgan fingerprint density at radius 2 is 2.28 bits per heavy atom. The average Bonchev–Trinajstić information content (AvgIpc) is 2.81. The average molecular weight is 251 g/mol. The SMILES string of the molecule is O=C[C@@H]1CCCN1C(=O)Cn1ccc(=O)[nH]c1=O. The van der Waals surface area contributed by atoms with Crippen LogP contribution in [0.1, 0.15) is 12.8 Å². The number of H-pyrrole nitrogens is 1. The molecule has 2 heterocycles. The third-order valence-corrected chi connectivity index (χ3v) is 2.98. The maximum atomic E-state index is 11.9. The van der Waals surface area contributed by atoms with Crippen LogP contribution in [0.3, 0.4) is 0 Å². The summed E-state index contributed by atoms with van der Waals surface area (Å²) in [4.78, 5) is 48.5. The van der Waals surface area contributed by atoms with Gasteiger partial charge in [-0.1, -0.05) is 0 Å². The normalized spacial score (nSPS) is 18.9. The molecule has 1 aliphatic heterocycles. The van der Waals surface area contributed by atoms with Crippen molar-refractivity contribution < 1.29 is 9.59 Å². The van der Waals surface area contributed by atoms with E-state index in [1.807, 2.05) is 0 Å². The topological polar surface area (TPSA) is 92.2 Å². The molecule has 0 spiro atoms. The van der Waals surface area contributed by atoms with Gasteiger partial charge < -0.3 is 9.69 Å². The molecular formula is C11H13N3O4. The molecule has 7 nitrogen and oxygen atoms in total. The quantitative estimate of drug-likeness (QED) is 0.678. The molecule has 0 saturated carbocycles. The standard InChI is InChI=1S/C11H13N3O4/c15-7-8-2-1-4-14(8)10(17)6-13-5-3-9(16)12-11(13)18/h3,5,7-8H,1-2,4,6H2,(H,12,16,18)/t8-/m0/s1. The number of aromatic nitrogens is 2. The molecule has 18 heavy (non-hydrogen) atoms. The molecule has 0 unspecified atom stereocenters. The van der Waals surface area contributed by atoms with Crippen LogP contribution < -0.4 is 11.2 Å². The first-order valence-corrected chi connectivity index (χ1v) is 5.66. The van der Waals surface area contributed by atoms with E-state index >= 15 is 0 Å². The monoisotopic (exact) mass is 251 g/mol. The van der Waals surface area contributed by atoms with Crippen molar-refractivity contribution in [3.63, 3.8) is 0 Å². The number of aromatic amines is 1. The molecule has 0 bridgehead atoms. The molecule has 2 rings (SSSR count). The molecule has 0 radical (unpaired) electrons. The Kier molecular flexibility index (Phi) is 3.40. The van der Waals surface area contributed by atoms with E-state index in [1.54, 1.807) is 0 Å². The van der Waals surface area contributed by atoms with Gasteiger partial charge in [0.1, 0.15) is 12.8 Å². The number of hydrogen-bond donors (Lipinski definition) is 1. The zero-order valence-corrected chi connectivity index (χ0v) is 9.67. The van der Waals surface area contributed by atoms with E-state index in [2.05, 4.69) is 4.98 Å². The van der Waals surface area contributed by atoms with Crippen LogP contribution in [0.4, 0.5) is 0 Å². The van der Waals surface area contributed by atoms with Crippen LogP contribution in [0, 0.1) is 0 Å². The molecular weight excluding hydrogens is 238 g/mol. The fraction of sp³-hybridized carbons (Fsp3) is 0.455. The summed E-state index contributed by atoms with van der Waals surface area (Å²) < 4.78 is 1.11. The van der Waals surface area contributed by atoms with E-state index in [4.69, 9.17) is 0 Å². The highest BCUT2D eigenvalue weighted by molar-refractivity contribution is 5.80. The van der Waals surface area contributed by atoms with Crippen molar-refractivity contribution in [2.75, 3.05) is 6.54 Å². The van der Waals surface area contributed by atoms with Gasteiger partial charge in [-0.3, -0.25) is 19.1 Å². The van der Waals surface area contributed by atoms with Crippen molar-refractivity contribution in [2.24, 2.45) is 0 Å². The number of likely N-dealkylation sites (tertiary alicyclic amines) is 1. The van der Waals surface area contributed by atoms with Crippen molar-refractivity contribution in [3.05, 3.63) is 33.1 Å². The minimum atomic E-state index is -0.627. The minimum Gasteiger partial charge on any atom is -0.331 e. The van der Waals surface area contributed by atoms with E-state index in [9.17, 15) is 19.2 Å². The Balaban J connectivity index is 2.14. The van der Waals surface area contributed by atoms with Crippen LogP contribution in [0.5, 0.6) is 0 Å². The van der Waals surface area contributed by atoms with E-state index in [-0.39, 0.29) is 12.5 Å². The van der Waals surface area contributed by atoms with E-state index in [1.165, 1.54) is 17.2 Å². The van der Waals surface area contributed by atoms with Crippen molar-refractivity contribution >= 4 is 12.2 Å². The molecule has 7 heteroatoms. The number of rotatable bonds is 3. The Hall–Kier alpha value is -2.18. The lowest BCUT2D eigenvalue weighted by atomic mass is 10.2. The molecule has 0 aromatic carbocycles. The number of carbonyl (C=O) groups is 2. The van der Waals surface area contributed by atoms with Gasteiger partial charge in [-0.15, -0.1) is 0 Å². The van der Waals surface area contributed by atoms with Gasteiger partial charge in [0.2, 0.25) is 5.91 Å². The van der Waals surface area contributed by atoms with Gasteiger partial charge in [-0.25, -0.2) is 4.79 Å². The number of aldehydes is 1. The second-order valence-corrected chi connectivity index (χ2v) is 4.17. The largest absolute Gasteiger partial charge is 0.331 e. The summed E-state index contributed by atoms with van der Waals surface area (Å²) in [7, 11) is 0. The van der Waals surface area contributed by atoms with Crippen molar-refractivity contribution in [1.29, 1.82) is 0 Å². The van der Waals surface area contributed by atoms with Crippen LogP contribution in [-0.4, -0.2) is 39.2 Å². The Bertz CT molecular complexity index is 574. The Morgan fingerprint density at radius 1 is 1.50 bits per heavy atom. The van der Waals surface area contributed by atoms with E-state index in [0.717, 1.165) is 17.3 Å². The smallest absolute Gasteiger partial charge is 0.328 e. The number of hydrogen-bond acceptors (Lipinski definition) is 4. The maximum absolute atomic E-state index is 11.9. The zero-order chi connectivity index (χ0) is 13.1. The van der Waals surface area contributed by atoms with Gasteiger partial charge in [0.15, 0.2) is 0 Å². The highest BCUT2D eigenvalue weighted by atomic mass is 16.2. The highest BCUT2D eigenvalue weighted by Gasteiger charge is 2.28. The summed E-state index contributed by atoms with van der Waals surface area (Å²) in [5.74, 6) is -0.293. The molecule has 1 N–H and O–H groups in total. The summed E-state index contributed by atoms with van der Waals surface area (Å²) in [6.45, 7) is 0.361. The predicted octanol–water partition coefficient (Wildman–Crippen LogP) is -1.27. The van der Waals surface area contributed by atoms with Crippen molar-refractivity contribution in [1.82, 2.24) is 14.5 Å². The first kappa shape index (κ1) is 12.3. The molecule has 1 saturated heterocycles. The van der Waals surface area contributed by atoms with Gasteiger partial charge in [0, 0.05) is 18.8 Å². The first-order valence-electron chi connectivity index (χ1n) is 5.66. The molecule has 96 valence electrons. The summed E-state index contributed by atoms with van der Waals surface area (Å²) in [6.07, 6.45) is 3.47. The van der Waals surface area contributed by atoms with Crippen LogP contribution in [0.25, 0.3) is 0 Å². The summed E-state index contributed by atoms with van der Waals surface area (Å²) in [5, 5.41) is 0. The van der Waals surface area contributed by atoms with Gasteiger partial charge in [-0.2, -0.15) is 0 Å². The maximum Gasteiger partial charge on any atom is 0.328 e. The van der Waals surface area contributed by atoms with Crippen LogP contribution >= 0.6 is 0 Å². The zero-order valence-electron chi connectivity index (χ0n) is 9.67. The fourth-order valence-corrected chi connectivity index (χ4v) is 2.05. The molecule has 1 atom stereocenters. The molecule has 1 aliphatic rings. The van der Waals surface area contributed by atoms with Crippen molar-refractivity contribution in [2.45, 2.75) is 25.4 Å². The van der Waals surface area contributed by atoms with Crippen LogP contribution in [-0.2, 0) is 16.1 Å². The lowest BCUT2D eigenvalue weighted by Crippen LogP contribution is -2.41. The van der Waals surface area contributed by atoms with Gasteiger partial charge in [-0.05, 0) is 12.8 Å². The Morgan fingerprint density at radius 3 is 2.94 bits per heavy atom. The van der Waals surface area contributed by atoms with Crippen LogP contribution in [0.15, 0.2) is 21.9 Å². The van der Waals surface area contributed by atoms with E-state index < -0.39 is 17.3 Å². The van der Waals surface area contributed by atoms with Gasteiger partial charge in [0.25, 0.3) is 5.56 Å². The molecule has 1 amide bonds. The molecule has 1 aromatic rings. The second kappa shape index (κ2) is 4.99. The highest BCUT2D eigenvalue weighted by Crippen LogP contribution is 2.15. The predicted molar refractivity (Wildman–Crippen MR) is 62.1 cm³/mol. The van der Waals surface area contributed by atoms with E-state index in [0.29, 0.717) is 13.0 Å². The van der Waals surface area contributed by atoms with Crippen molar-refractivity contribution in [3.8, 4) is 0 Å².